The number of carbonyl (C=O) groups excluding carboxylic acids is 1. The van der Waals surface area contributed by atoms with Crippen molar-refractivity contribution >= 4 is 27.7 Å². The molecule has 2 atom stereocenters. The molecule has 0 fully saturated rings. The van der Waals surface area contributed by atoms with E-state index < -0.39 is 29.2 Å². The molecule has 0 saturated carbocycles. The Hall–Kier alpha value is -4.32. The van der Waals surface area contributed by atoms with Gasteiger partial charge < -0.3 is 19.3 Å². The molecule has 0 radical (unpaired) electrons. The number of nitrogens with zero attached hydrogens (tertiary/aromatic N) is 1. The number of carbonyl (C=O) groups is 1. The lowest BCUT2D eigenvalue weighted by Crippen LogP contribution is -2.53. The highest BCUT2D eigenvalue weighted by molar-refractivity contribution is 9.10. The van der Waals surface area contributed by atoms with Crippen molar-refractivity contribution in [3.05, 3.63) is 129 Å². The van der Waals surface area contributed by atoms with Crippen LogP contribution in [0.15, 0.2) is 100 Å². The molecule has 8 nitrogen and oxygen atoms in total. The van der Waals surface area contributed by atoms with Gasteiger partial charge in [0.15, 0.2) is 23.3 Å². The number of amides is 1. The molecule has 1 aliphatic rings. The number of halogens is 3. The van der Waals surface area contributed by atoms with E-state index in [1.165, 1.54) is 6.07 Å². The SMILES string of the molecule is COc1cccc([C@@H]2OC(c3ccc(OCCCO)cc3)=N[C@]2(Cc2ccc(Br)cc2)C(=O)NNCc2ccc(F)c(F)c2)c1. The van der Waals surface area contributed by atoms with E-state index >= 15 is 0 Å². The summed E-state index contributed by atoms with van der Waals surface area (Å²) in [4.78, 5) is 19.3. The third-order valence-electron chi connectivity index (χ3n) is 7.29. The molecule has 0 bridgehead atoms. The summed E-state index contributed by atoms with van der Waals surface area (Å²) in [7, 11) is 1.56. The fourth-order valence-electron chi connectivity index (χ4n) is 4.98. The smallest absolute Gasteiger partial charge is 0.266 e. The van der Waals surface area contributed by atoms with Gasteiger partial charge in [0.25, 0.3) is 5.91 Å². The topological polar surface area (TPSA) is 101 Å². The van der Waals surface area contributed by atoms with Gasteiger partial charge in [-0.3, -0.25) is 10.2 Å². The van der Waals surface area contributed by atoms with E-state index in [9.17, 15) is 13.6 Å². The average Bonchev–Trinajstić information content (AvgIpc) is 3.44. The van der Waals surface area contributed by atoms with Crippen LogP contribution in [0.4, 0.5) is 8.78 Å². The fraction of sp³-hybridized carbons (Fsp3) is 0.235. The number of hydrogen-bond donors (Lipinski definition) is 3. The number of aliphatic hydroxyl groups is 1. The molecule has 5 rings (SSSR count). The van der Waals surface area contributed by atoms with Crippen LogP contribution in [-0.2, 0) is 22.5 Å². The van der Waals surface area contributed by atoms with E-state index in [1.807, 2.05) is 36.4 Å². The fourth-order valence-corrected chi connectivity index (χ4v) is 5.25. The van der Waals surface area contributed by atoms with Gasteiger partial charge in [0.05, 0.1) is 13.7 Å². The van der Waals surface area contributed by atoms with Crippen LogP contribution in [0, 0.1) is 11.6 Å². The Balaban J connectivity index is 1.52. The maximum atomic E-state index is 14.3. The lowest BCUT2D eigenvalue weighted by Gasteiger charge is -2.31. The average molecular weight is 681 g/mol. The molecule has 1 aliphatic heterocycles. The number of methoxy groups -OCH3 is 1. The van der Waals surface area contributed by atoms with E-state index in [4.69, 9.17) is 24.3 Å². The minimum absolute atomic E-state index is 0.0343. The van der Waals surface area contributed by atoms with Crippen LogP contribution in [0.3, 0.4) is 0 Å². The van der Waals surface area contributed by atoms with Crippen molar-refractivity contribution < 1.29 is 32.9 Å². The van der Waals surface area contributed by atoms with E-state index in [1.54, 1.807) is 43.5 Å². The lowest BCUT2D eigenvalue weighted by atomic mass is 9.82. The highest BCUT2D eigenvalue weighted by Gasteiger charge is 2.53. The Labute approximate surface area is 268 Å². The standard InChI is InChI=1S/C34H32BrF2N3O5/c1-43-28-5-2-4-25(19-28)31-34(20-22-6-11-26(35)12-7-22,33(42)40-38-21-23-8-15-29(36)30(37)18-23)39-32(45-31)24-9-13-27(14-10-24)44-17-3-16-41/h2,4-15,18-19,31,38,41H,3,16-17,20-21H2,1H3,(H,40,42)/t31-,34-/m0/s1. The quantitative estimate of drug-likeness (QED) is 0.122. The summed E-state index contributed by atoms with van der Waals surface area (Å²) >= 11 is 3.47. The first-order valence-corrected chi connectivity index (χ1v) is 15.1. The summed E-state index contributed by atoms with van der Waals surface area (Å²) in [5, 5.41) is 9.04. The molecule has 0 spiro atoms. The van der Waals surface area contributed by atoms with Gasteiger partial charge in [-0.05, 0) is 77.4 Å². The van der Waals surface area contributed by atoms with Gasteiger partial charge in [-0.25, -0.2) is 19.2 Å². The highest BCUT2D eigenvalue weighted by Crippen LogP contribution is 2.43. The van der Waals surface area contributed by atoms with Crippen molar-refractivity contribution in [2.45, 2.75) is 31.0 Å². The van der Waals surface area contributed by atoms with Gasteiger partial charge in [0, 0.05) is 36.0 Å². The van der Waals surface area contributed by atoms with Crippen molar-refractivity contribution in [2.75, 3.05) is 20.3 Å². The molecule has 0 aliphatic carbocycles. The summed E-state index contributed by atoms with van der Waals surface area (Å²) in [5.41, 5.74) is 6.68. The molecule has 4 aromatic rings. The minimum atomic E-state index is -1.49. The van der Waals surface area contributed by atoms with Gasteiger partial charge in [0.2, 0.25) is 5.90 Å². The molecule has 0 unspecified atom stereocenters. The van der Waals surface area contributed by atoms with Crippen molar-refractivity contribution in [3.63, 3.8) is 0 Å². The number of benzene rings is 4. The first-order chi connectivity index (χ1) is 21.8. The van der Waals surface area contributed by atoms with Gasteiger partial charge in [0.1, 0.15) is 11.5 Å². The zero-order valence-electron chi connectivity index (χ0n) is 24.4. The number of hydrogen-bond acceptors (Lipinski definition) is 7. The largest absolute Gasteiger partial charge is 0.497 e. The Morgan fingerprint density at radius 1 is 0.978 bits per heavy atom. The maximum Gasteiger partial charge on any atom is 0.266 e. The van der Waals surface area contributed by atoms with Gasteiger partial charge in [-0.2, -0.15) is 0 Å². The van der Waals surface area contributed by atoms with Crippen LogP contribution < -0.4 is 20.3 Å². The Kier molecular flexibility index (Phi) is 10.4. The second-order valence-electron chi connectivity index (χ2n) is 10.4. The molecule has 11 heteroatoms. The second-order valence-corrected chi connectivity index (χ2v) is 11.3. The summed E-state index contributed by atoms with van der Waals surface area (Å²) < 4.78 is 45.8. The van der Waals surface area contributed by atoms with Crippen LogP contribution in [-0.4, -0.2) is 42.8 Å². The molecule has 3 N–H and O–H groups in total. The van der Waals surface area contributed by atoms with Crippen molar-refractivity contribution in [2.24, 2.45) is 4.99 Å². The minimum Gasteiger partial charge on any atom is -0.497 e. The van der Waals surface area contributed by atoms with Crippen LogP contribution in [0.5, 0.6) is 11.5 Å². The third kappa shape index (κ3) is 7.67. The number of rotatable bonds is 13. The molecular weight excluding hydrogens is 648 g/mol. The normalized spacial score (nSPS) is 17.4. The molecular formula is C34H32BrF2N3O5. The Bertz CT molecular complexity index is 1650. The van der Waals surface area contributed by atoms with Gasteiger partial charge in [-0.15, -0.1) is 0 Å². The summed E-state index contributed by atoms with van der Waals surface area (Å²) in [6, 6.07) is 25.5. The monoisotopic (exact) mass is 679 g/mol. The van der Waals surface area contributed by atoms with Crippen molar-refractivity contribution in [3.8, 4) is 11.5 Å². The Morgan fingerprint density at radius 2 is 1.73 bits per heavy atom. The molecule has 4 aromatic carbocycles. The number of hydrazine groups is 1. The predicted octanol–water partition coefficient (Wildman–Crippen LogP) is 5.82. The molecule has 234 valence electrons. The third-order valence-corrected chi connectivity index (χ3v) is 7.82. The zero-order chi connectivity index (χ0) is 31.8. The van der Waals surface area contributed by atoms with Crippen molar-refractivity contribution in [1.29, 1.82) is 0 Å². The van der Waals surface area contributed by atoms with E-state index in [0.717, 1.165) is 22.2 Å². The van der Waals surface area contributed by atoms with Gasteiger partial charge >= 0.3 is 0 Å². The van der Waals surface area contributed by atoms with Crippen LogP contribution in [0.2, 0.25) is 0 Å². The van der Waals surface area contributed by atoms with Crippen molar-refractivity contribution in [1.82, 2.24) is 10.9 Å². The lowest BCUT2D eigenvalue weighted by molar-refractivity contribution is -0.130. The molecule has 1 heterocycles. The number of nitrogens with one attached hydrogen (secondary N) is 2. The van der Waals surface area contributed by atoms with Crippen LogP contribution >= 0.6 is 15.9 Å². The maximum absolute atomic E-state index is 14.3. The van der Waals surface area contributed by atoms with Crippen LogP contribution in [0.1, 0.15) is 34.8 Å². The predicted molar refractivity (Wildman–Crippen MR) is 169 cm³/mol. The number of ether oxygens (including phenoxy) is 3. The summed E-state index contributed by atoms with van der Waals surface area (Å²) in [6.07, 6.45) is -0.179. The summed E-state index contributed by atoms with van der Waals surface area (Å²) in [5.74, 6) is -0.947. The molecule has 0 saturated heterocycles. The highest BCUT2D eigenvalue weighted by atomic mass is 79.9. The second kappa shape index (κ2) is 14.6. The molecule has 0 aromatic heterocycles. The first kappa shape index (κ1) is 32.1. The van der Waals surface area contributed by atoms with E-state index in [2.05, 4.69) is 26.8 Å². The number of aliphatic hydroxyl groups excluding tert-OH is 1. The summed E-state index contributed by atoms with van der Waals surface area (Å²) in [6.45, 7) is 0.447. The van der Waals surface area contributed by atoms with E-state index in [0.29, 0.717) is 41.2 Å². The van der Waals surface area contributed by atoms with Gasteiger partial charge in [-0.1, -0.05) is 46.3 Å². The number of aliphatic imine (C=N–C) groups is 1. The zero-order valence-corrected chi connectivity index (χ0v) is 26.0. The molecule has 45 heavy (non-hydrogen) atoms. The van der Waals surface area contributed by atoms with Crippen LogP contribution in [0.25, 0.3) is 0 Å². The van der Waals surface area contributed by atoms with E-state index in [-0.39, 0.29) is 25.5 Å². The Morgan fingerprint density at radius 3 is 2.44 bits per heavy atom. The molecule has 1 amide bonds. The first-order valence-electron chi connectivity index (χ1n) is 14.3.